The molecule has 2 rings (SSSR count). The van der Waals surface area contributed by atoms with Crippen LogP contribution < -0.4 is 15.5 Å². The fourth-order valence-corrected chi connectivity index (χ4v) is 2.37. The van der Waals surface area contributed by atoms with Crippen molar-refractivity contribution >= 4 is 11.6 Å². The third kappa shape index (κ3) is 3.80. The molecule has 5 nitrogen and oxygen atoms in total. The molecule has 0 aromatic carbocycles. The van der Waals surface area contributed by atoms with E-state index in [2.05, 4.69) is 45.4 Å². The van der Waals surface area contributed by atoms with Crippen LogP contribution in [0.2, 0.25) is 0 Å². The number of hydrogen-bond acceptors (Lipinski definition) is 5. The Morgan fingerprint density at radius 2 is 2.32 bits per heavy atom. The molecule has 1 aliphatic rings. The fraction of sp³-hybridized carbons (Fsp3) is 0.714. The second kappa shape index (κ2) is 6.70. The van der Waals surface area contributed by atoms with Crippen molar-refractivity contribution in [2.24, 2.45) is 0 Å². The molecule has 0 bridgehead atoms. The summed E-state index contributed by atoms with van der Waals surface area (Å²) < 4.78 is 0. The summed E-state index contributed by atoms with van der Waals surface area (Å²) in [5.41, 5.74) is 0. The van der Waals surface area contributed by atoms with Crippen LogP contribution in [0, 0.1) is 0 Å². The molecule has 2 heterocycles. The van der Waals surface area contributed by atoms with E-state index < -0.39 is 0 Å². The van der Waals surface area contributed by atoms with E-state index in [1.807, 2.05) is 7.05 Å². The van der Waals surface area contributed by atoms with Gasteiger partial charge in [0.1, 0.15) is 18.0 Å². The van der Waals surface area contributed by atoms with E-state index in [1.165, 1.54) is 12.8 Å². The first-order valence-electron chi connectivity index (χ1n) is 7.23. The van der Waals surface area contributed by atoms with Gasteiger partial charge in [-0.05, 0) is 33.2 Å². The molecule has 2 N–H and O–H groups in total. The minimum absolute atomic E-state index is 0.439. The van der Waals surface area contributed by atoms with Crippen molar-refractivity contribution in [3.8, 4) is 0 Å². The summed E-state index contributed by atoms with van der Waals surface area (Å²) in [7, 11) is 2.03. The van der Waals surface area contributed by atoms with Gasteiger partial charge in [-0.3, -0.25) is 0 Å². The zero-order chi connectivity index (χ0) is 13.7. The Balaban J connectivity index is 2.05. The normalized spacial score (nSPS) is 21.2. The molecule has 2 atom stereocenters. The van der Waals surface area contributed by atoms with Gasteiger partial charge < -0.3 is 15.5 Å². The van der Waals surface area contributed by atoms with Crippen LogP contribution in [0.4, 0.5) is 11.6 Å². The molecule has 1 aromatic rings. The van der Waals surface area contributed by atoms with Crippen LogP contribution in [0.3, 0.4) is 0 Å². The van der Waals surface area contributed by atoms with E-state index in [1.54, 1.807) is 6.33 Å². The Kier molecular flexibility index (Phi) is 4.96. The highest BCUT2D eigenvalue weighted by Gasteiger charge is 2.19. The molecule has 19 heavy (non-hydrogen) atoms. The lowest BCUT2D eigenvalue weighted by atomic mass is 10.1. The van der Waals surface area contributed by atoms with Crippen LogP contribution in [0.25, 0.3) is 0 Å². The first-order chi connectivity index (χ1) is 9.22. The third-order valence-electron chi connectivity index (χ3n) is 3.81. The van der Waals surface area contributed by atoms with E-state index in [0.717, 1.165) is 31.1 Å². The molecule has 0 aliphatic carbocycles. The number of piperidine rings is 1. The second-order valence-corrected chi connectivity index (χ2v) is 5.29. The zero-order valence-corrected chi connectivity index (χ0v) is 12.2. The molecule has 1 fully saturated rings. The number of nitrogens with one attached hydrogen (secondary N) is 2. The lowest BCUT2D eigenvalue weighted by Gasteiger charge is -2.33. The Morgan fingerprint density at radius 1 is 1.47 bits per heavy atom. The first-order valence-corrected chi connectivity index (χ1v) is 7.23. The zero-order valence-electron chi connectivity index (χ0n) is 12.2. The average Bonchev–Trinajstić information content (AvgIpc) is 2.47. The highest BCUT2D eigenvalue weighted by Crippen LogP contribution is 2.19. The van der Waals surface area contributed by atoms with Crippen LogP contribution in [-0.2, 0) is 0 Å². The number of likely N-dealkylation sites (N-methyl/N-ethyl adjacent to an activating group) is 1. The molecule has 1 aromatic heterocycles. The van der Waals surface area contributed by atoms with E-state index in [0.29, 0.717) is 12.1 Å². The molecule has 106 valence electrons. The van der Waals surface area contributed by atoms with Crippen LogP contribution in [0.1, 0.15) is 33.1 Å². The SMILES string of the molecule is CCC(C)Nc1cc(N2CCCC(NC)C2)ncn1. The van der Waals surface area contributed by atoms with Gasteiger partial charge in [0.2, 0.25) is 0 Å². The van der Waals surface area contributed by atoms with Gasteiger partial charge in [-0.25, -0.2) is 9.97 Å². The maximum atomic E-state index is 4.41. The summed E-state index contributed by atoms with van der Waals surface area (Å²) >= 11 is 0. The average molecular weight is 263 g/mol. The van der Waals surface area contributed by atoms with E-state index >= 15 is 0 Å². The fourth-order valence-electron chi connectivity index (χ4n) is 2.37. The predicted molar refractivity (Wildman–Crippen MR) is 79.7 cm³/mol. The second-order valence-electron chi connectivity index (χ2n) is 5.29. The number of hydrogen-bond donors (Lipinski definition) is 2. The van der Waals surface area contributed by atoms with Crippen LogP contribution in [0.15, 0.2) is 12.4 Å². The predicted octanol–water partition coefficient (Wildman–Crippen LogP) is 1.88. The number of nitrogens with zero attached hydrogens (tertiary/aromatic N) is 3. The van der Waals surface area contributed by atoms with Gasteiger partial charge in [-0.2, -0.15) is 0 Å². The Labute approximate surface area is 115 Å². The summed E-state index contributed by atoms with van der Waals surface area (Å²) in [6.07, 6.45) is 5.20. The van der Waals surface area contributed by atoms with Gasteiger partial charge >= 0.3 is 0 Å². The Hall–Kier alpha value is -1.36. The first kappa shape index (κ1) is 14.1. The molecule has 0 radical (unpaired) electrons. The number of aromatic nitrogens is 2. The Morgan fingerprint density at radius 3 is 3.05 bits per heavy atom. The van der Waals surface area contributed by atoms with E-state index in [9.17, 15) is 0 Å². The molecule has 5 heteroatoms. The van der Waals surface area contributed by atoms with Crippen molar-refractivity contribution in [1.82, 2.24) is 15.3 Å². The number of anilines is 2. The molecule has 2 unspecified atom stereocenters. The van der Waals surface area contributed by atoms with E-state index in [4.69, 9.17) is 0 Å². The molecule has 1 aliphatic heterocycles. The Bertz CT molecular complexity index is 395. The van der Waals surface area contributed by atoms with Crippen molar-refractivity contribution in [3.05, 3.63) is 12.4 Å². The van der Waals surface area contributed by atoms with E-state index in [-0.39, 0.29) is 0 Å². The largest absolute Gasteiger partial charge is 0.367 e. The monoisotopic (exact) mass is 263 g/mol. The highest BCUT2D eigenvalue weighted by atomic mass is 15.2. The molecule has 0 saturated carbocycles. The van der Waals surface area contributed by atoms with Crippen molar-refractivity contribution < 1.29 is 0 Å². The molecule has 0 spiro atoms. The number of rotatable bonds is 5. The van der Waals surface area contributed by atoms with Gasteiger partial charge in [0.15, 0.2) is 0 Å². The maximum Gasteiger partial charge on any atom is 0.134 e. The van der Waals surface area contributed by atoms with Crippen LogP contribution in [0.5, 0.6) is 0 Å². The molecular formula is C14H25N5. The van der Waals surface area contributed by atoms with Gasteiger partial charge in [-0.15, -0.1) is 0 Å². The molecule has 1 saturated heterocycles. The van der Waals surface area contributed by atoms with Gasteiger partial charge in [0.05, 0.1) is 0 Å². The maximum absolute atomic E-state index is 4.41. The summed E-state index contributed by atoms with van der Waals surface area (Å²) in [6, 6.07) is 3.06. The van der Waals surface area contributed by atoms with Crippen molar-refractivity contribution in [1.29, 1.82) is 0 Å². The van der Waals surface area contributed by atoms with Crippen LogP contribution in [-0.4, -0.2) is 42.2 Å². The van der Waals surface area contributed by atoms with Crippen molar-refractivity contribution in [3.63, 3.8) is 0 Å². The van der Waals surface area contributed by atoms with Crippen LogP contribution >= 0.6 is 0 Å². The summed E-state index contributed by atoms with van der Waals surface area (Å²) in [4.78, 5) is 11.1. The summed E-state index contributed by atoms with van der Waals surface area (Å²) in [5, 5.41) is 6.76. The van der Waals surface area contributed by atoms with Gasteiger partial charge in [0.25, 0.3) is 0 Å². The highest BCUT2D eigenvalue weighted by molar-refractivity contribution is 5.49. The van der Waals surface area contributed by atoms with Gasteiger partial charge in [0, 0.05) is 31.2 Å². The smallest absolute Gasteiger partial charge is 0.134 e. The summed E-state index contributed by atoms with van der Waals surface area (Å²) in [6.45, 7) is 6.44. The summed E-state index contributed by atoms with van der Waals surface area (Å²) in [5.74, 6) is 1.95. The quantitative estimate of drug-likeness (QED) is 0.849. The minimum atomic E-state index is 0.439. The molecule has 0 amide bonds. The third-order valence-corrected chi connectivity index (χ3v) is 3.81. The lowest BCUT2D eigenvalue weighted by molar-refractivity contribution is 0.447. The standard InChI is InChI=1S/C14H25N5/c1-4-11(2)18-13-8-14(17-10-16-13)19-7-5-6-12(9-19)15-3/h8,10-12,15H,4-7,9H2,1-3H3,(H,16,17,18). The topological polar surface area (TPSA) is 53.1 Å². The van der Waals surface area contributed by atoms with Crippen molar-refractivity contribution in [2.75, 3.05) is 30.4 Å². The lowest BCUT2D eigenvalue weighted by Crippen LogP contribution is -2.44. The molecular weight excluding hydrogens is 238 g/mol. The van der Waals surface area contributed by atoms with Gasteiger partial charge in [-0.1, -0.05) is 6.92 Å². The van der Waals surface area contributed by atoms with Crippen molar-refractivity contribution in [2.45, 2.75) is 45.2 Å². The minimum Gasteiger partial charge on any atom is -0.367 e.